The molecular weight excluding hydrogens is 224 g/mol. The van der Waals surface area contributed by atoms with E-state index in [2.05, 4.69) is 6.07 Å². The average molecular weight is 236 g/mol. The highest BCUT2D eigenvalue weighted by molar-refractivity contribution is 6.24. The summed E-state index contributed by atoms with van der Waals surface area (Å²) in [7, 11) is 0. The summed E-state index contributed by atoms with van der Waals surface area (Å²) in [6.07, 6.45) is 1.20. The van der Waals surface area contributed by atoms with Gasteiger partial charge in [-0.3, -0.25) is 4.79 Å². The van der Waals surface area contributed by atoms with Crippen LogP contribution in [0.1, 0.15) is 23.2 Å². The van der Waals surface area contributed by atoms with E-state index >= 15 is 0 Å². The second-order valence-electron chi connectivity index (χ2n) is 4.40. The molecule has 0 saturated heterocycles. The molecule has 0 unspecified atom stereocenters. The molecular formula is C15H12N2O. The predicted molar refractivity (Wildman–Crippen MR) is 70.5 cm³/mol. The second kappa shape index (κ2) is 4.15. The number of hydrogen-bond donors (Lipinski definition) is 0. The zero-order valence-corrected chi connectivity index (χ0v) is 9.89. The molecule has 2 aromatic rings. The maximum absolute atomic E-state index is 12.3. The average Bonchev–Trinajstić information content (AvgIpc) is 2.67. The first-order valence-corrected chi connectivity index (χ1v) is 6.03. The van der Waals surface area contributed by atoms with E-state index < -0.39 is 0 Å². The van der Waals surface area contributed by atoms with Crippen LogP contribution in [-0.2, 0) is 0 Å². The SMILES string of the molecule is N#CCCCN1C(=O)c2cccc3cccc1c23. The van der Waals surface area contributed by atoms with Gasteiger partial charge < -0.3 is 4.90 Å². The van der Waals surface area contributed by atoms with Crippen molar-refractivity contribution in [1.82, 2.24) is 0 Å². The van der Waals surface area contributed by atoms with Crippen molar-refractivity contribution < 1.29 is 4.79 Å². The van der Waals surface area contributed by atoms with E-state index in [0.29, 0.717) is 19.4 Å². The van der Waals surface area contributed by atoms with Crippen LogP contribution < -0.4 is 4.90 Å². The number of unbranched alkanes of at least 4 members (excludes halogenated alkanes) is 1. The number of nitrogens with zero attached hydrogens (tertiary/aromatic N) is 2. The van der Waals surface area contributed by atoms with Gasteiger partial charge in [0.1, 0.15) is 0 Å². The third-order valence-electron chi connectivity index (χ3n) is 3.32. The molecule has 3 rings (SSSR count). The zero-order valence-electron chi connectivity index (χ0n) is 9.89. The number of nitriles is 1. The van der Waals surface area contributed by atoms with Crippen molar-refractivity contribution in [3.8, 4) is 6.07 Å². The van der Waals surface area contributed by atoms with Gasteiger partial charge >= 0.3 is 0 Å². The Morgan fingerprint density at radius 1 is 1.17 bits per heavy atom. The first kappa shape index (κ1) is 10.8. The maximum Gasteiger partial charge on any atom is 0.258 e. The van der Waals surface area contributed by atoms with Crippen molar-refractivity contribution in [2.45, 2.75) is 12.8 Å². The summed E-state index contributed by atoms with van der Waals surface area (Å²) < 4.78 is 0. The minimum Gasteiger partial charge on any atom is -0.308 e. The molecule has 0 bridgehead atoms. The topological polar surface area (TPSA) is 44.1 Å². The number of carbonyl (C=O) groups is 1. The lowest BCUT2D eigenvalue weighted by Gasteiger charge is -2.16. The Balaban J connectivity index is 2.06. The van der Waals surface area contributed by atoms with E-state index in [-0.39, 0.29) is 5.91 Å². The van der Waals surface area contributed by atoms with Gasteiger partial charge in [0.2, 0.25) is 0 Å². The molecule has 0 N–H and O–H groups in total. The quantitative estimate of drug-likeness (QED) is 0.768. The summed E-state index contributed by atoms with van der Waals surface area (Å²) in [6.45, 7) is 0.611. The molecule has 0 saturated carbocycles. The Bertz CT molecular complexity index is 664. The predicted octanol–water partition coefficient (Wildman–Crippen LogP) is 3.10. The number of amides is 1. The van der Waals surface area contributed by atoms with Crippen LogP contribution in [0.15, 0.2) is 36.4 Å². The number of anilines is 1. The maximum atomic E-state index is 12.3. The Labute approximate surface area is 105 Å². The lowest BCUT2D eigenvalue weighted by atomic mass is 10.1. The Morgan fingerprint density at radius 3 is 2.72 bits per heavy atom. The van der Waals surface area contributed by atoms with Crippen molar-refractivity contribution in [2.75, 3.05) is 11.4 Å². The van der Waals surface area contributed by atoms with Crippen LogP contribution in [0.4, 0.5) is 5.69 Å². The van der Waals surface area contributed by atoms with Crippen molar-refractivity contribution in [3.05, 3.63) is 42.0 Å². The van der Waals surface area contributed by atoms with Gasteiger partial charge in [-0.15, -0.1) is 0 Å². The fourth-order valence-electron chi connectivity index (χ4n) is 2.52. The third-order valence-corrected chi connectivity index (χ3v) is 3.32. The first-order chi connectivity index (χ1) is 8.83. The van der Waals surface area contributed by atoms with Crippen LogP contribution in [0.25, 0.3) is 10.8 Å². The molecule has 18 heavy (non-hydrogen) atoms. The molecule has 88 valence electrons. The molecule has 0 aliphatic carbocycles. The van der Waals surface area contributed by atoms with E-state index in [1.165, 1.54) is 0 Å². The smallest absolute Gasteiger partial charge is 0.258 e. The summed E-state index contributed by atoms with van der Waals surface area (Å²) in [5, 5.41) is 10.7. The summed E-state index contributed by atoms with van der Waals surface area (Å²) in [5.74, 6) is 0.0553. The summed E-state index contributed by atoms with van der Waals surface area (Å²) in [4.78, 5) is 14.1. The van der Waals surface area contributed by atoms with Gasteiger partial charge in [-0.05, 0) is 23.9 Å². The van der Waals surface area contributed by atoms with Gasteiger partial charge in [0.05, 0.1) is 11.8 Å². The van der Waals surface area contributed by atoms with E-state index in [9.17, 15) is 4.79 Å². The van der Waals surface area contributed by atoms with Crippen molar-refractivity contribution >= 4 is 22.4 Å². The third kappa shape index (κ3) is 1.46. The zero-order chi connectivity index (χ0) is 12.5. The summed E-state index contributed by atoms with van der Waals surface area (Å²) in [6, 6.07) is 13.9. The largest absolute Gasteiger partial charge is 0.308 e. The molecule has 0 fully saturated rings. The normalized spacial score (nSPS) is 13.1. The van der Waals surface area contributed by atoms with Gasteiger partial charge in [0, 0.05) is 23.9 Å². The summed E-state index contributed by atoms with van der Waals surface area (Å²) in [5.41, 5.74) is 1.76. The number of carbonyl (C=O) groups excluding carboxylic acids is 1. The Morgan fingerprint density at radius 2 is 1.94 bits per heavy atom. The van der Waals surface area contributed by atoms with Gasteiger partial charge in [-0.2, -0.15) is 5.26 Å². The summed E-state index contributed by atoms with van der Waals surface area (Å²) >= 11 is 0. The highest BCUT2D eigenvalue weighted by Crippen LogP contribution is 2.37. The van der Waals surface area contributed by atoms with Gasteiger partial charge in [-0.25, -0.2) is 0 Å². The van der Waals surface area contributed by atoms with Crippen molar-refractivity contribution in [1.29, 1.82) is 5.26 Å². The monoisotopic (exact) mass is 236 g/mol. The van der Waals surface area contributed by atoms with Crippen LogP contribution in [-0.4, -0.2) is 12.5 Å². The minimum absolute atomic E-state index is 0.0553. The number of benzene rings is 2. The molecule has 1 amide bonds. The lowest BCUT2D eigenvalue weighted by Crippen LogP contribution is -2.27. The fourth-order valence-corrected chi connectivity index (χ4v) is 2.52. The molecule has 0 spiro atoms. The van der Waals surface area contributed by atoms with Gasteiger partial charge in [0.25, 0.3) is 5.91 Å². The molecule has 0 radical (unpaired) electrons. The van der Waals surface area contributed by atoms with Crippen molar-refractivity contribution in [3.63, 3.8) is 0 Å². The molecule has 0 atom stereocenters. The van der Waals surface area contributed by atoms with E-state index in [1.54, 1.807) is 4.90 Å². The highest BCUT2D eigenvalue weighted by Gasteiger charge is 2.28. The van der Waals surface area contributed by atoms with Crippen LogP contribution in [0.5, 0.6) is 0 Å². The van der Waals surface area contributed by atoms with Crippen LogP contribution >= 0.6 is 0 Å². The van der Waals surface area contributed by atoms with Crippen molar-refractivity contribution in [2.24, 2.45) is 0 Å². The Hall–Kier alpha value is -2.34. The van der Waals surface area contributed by atoms with Crippen LogP contribution in [0, 0.1) is 11.3 Å². The molecule has 0 aromatic heterocycles. The number of rotatable bonds is 3. The molecule has 1 aliphatic rings. The van der Waals surface area contributed by atoms with E-state index in [4.69, 9.17) is 5.26 Å². The highest BCUT2D eigenvalue weighted by atomic mass is 16.2. The molecule has 3 heteroatoms. The minimum atomic E-state index is 0.0553. The van der Waals surface area contributed by atoms with Crippen LogP contribution in [0.2, 0.25) is 0 Å². The molecule has 3 nitrogen and oxygen atoms in total. The standard InChI is InChI=1S/C15H12N2O/c16-9-1-2-10-17-13-8-4-6-11-5-3-7-12(14(11)13)15(17)18/h3-8H,1-2,10H2. The molecule has 2 aromatic carbocycles. The van der Waals surface area contributed by atoms with Gasteiger partial charge in [-0.1, -0.05) is 24.3 Å². The van der Waals surface area contributed by atoms with E-state index in [0.717, 1.165) is 22.0 Å². The fraction of sp³-hybridized carbons (Fsp3) is 0.200. The number of hydrogen-bond acceptors (Lipinski definition) is 2. The van der Waals surface area contributed by atoms with Gasteiger partial charge in [0.15, 0.2) is 0 Å². The van der Waals surface area contributed by atoms with E-state index in [1.807, 2.05) is 36.4 Å². The molecule has 1 aliphatic heterocycles. The Kier molecular flexibility index (Phi) is 2.49. The second-order valence-corrected chi connectivity index (χ2v) is 4.40. The van der Waals surface area contributed by atoms with Crippen LogP contribution in [0.3, 0.4) is 0 Å². The first-order valence-electron chi connectivity index (χ1n) is 6.03. The lowest BCUT2D eigenvalue weighted by molar-refractivity contribution is 0.0993. The molecule has 1 heterocycles.